The molecule has 3 rings (SSSR count). The number of benzene rings is 2. The van der Waals surface area contributed by atoms with Crippen molar-refractivity contribution >= 4 is 27.6 Å². The zero-order valence-corrected chi connectivity index (χ0v) is 16.2. The highest BCUT2D eigenvalue weighted by Crippen LogP contribution is 2.30. The van der Waals surface area contributed by atoms with E-state index < -0.39 is 56.8 Å². The lowest BCUT2D eigenvalue weighted by Crippen LogP contribution is -2.41. The van der Waals surface area contributed by atoms with Gasteiger partial charge in [0.1, 0.15) is 17.2 Å². The first kappa shape index (κ1) is 20.6. The number of Topliss-reactive ketones (excluding diaryl/α,β-unsaturated/α-hetero) is 1. The molecule has 1 N–H and O–H groups in total. The second kappa shape index (κ2) is 7.03. The summed E-state index contributed by atoms with van der Waals surface area (Å²) in [6, 6.07) is 6.89. The SMILES string of the molecule is CC1(c2ccc(S(C)(=O)=O)cc2)NC(=O)N(CC(=O)c2ccc(F)cc2F)C1=O. The summed E-state index contributed by atoms with van der Waals surface area (Å²) in [7, 11) is -3.44. The number of hydrogen-bond donors (Lipinski definition) is 1. The van der Waals surface area contributed by atoms with E-state index >= 15 is 0 Å². The highest BCUT2D eigenvalue weighted by atomic mass is 32.2. The van der Waals surface area contributed by atoms with Crippen LogP contribution >= 0.6 is 0 Å². The van der Waals surface area contributed by atoms with E-state index in [1.807, 2.05) is 0 Å². The molecule has 0 aliphatic carbocycles. The number of nitrogens with one attached hydrogen (secondary N) is 1. The predicted molar refractivity (Wildman–Crippen MR) is 97.8 cm³/mol. The van der Waals surface area contributed by atoms with Gasteiger partial charge >= 0.3 is 6.03 Å². The Hall–Kier alpha value is -3.14. The summed E-state index contributed by atoms with van der Waals surface area (Å²) >= 11 is 0. The first-order valence-corrected chi connectivity index (χ1v) is 10.3. The van der Waals surface area contributed by atoms with Crippen LogP contribution in [0.15, 0.2) is 47.4 Å². The standard InChI is InChI=1S/C19H16F2N2O5S/c1-19(11-3-6-13(7-4-11)29(2,27)28)17(25)23(18(26)22-19)10-16(24)14-8-5-12(20)9-15(14)21/h3-9H,10H2,1-2H3,(H,22,26). The number of carbonyl (C=O) groups excluding carboxylic acids is 3. The molecule has 0 radical (unpaired) electrons. The number of nitrogens with zero attached hydrogens (tertiary/aromatic N) is 1. The molecule has 1 saturated heterocycles. The summed E-state index contributed by atoms with van der Waals surface area (Å²) in [5, 5.41) is 2.47. The average Bonchev–Trinajstić information content (AvgIpc) is 2.85. The molecule has 29 heavy (non-hydrogen) atoms. The molecule has 152 valence electrons. The Labute approximate surface area is 165 Å². The molecule has 1 aliphatic heterocycles. The molecule has 0 bridgehead atoms. The molecule has 10 heteroatoms. The Morgan fingerprint density at radius 1 is 1.10 bits per heavy atom. The lowest BCUT2D eigenvalue weighted by atomic mass is 9.92. The second-order valence-electron chi connectivity index (χ2n) is 6.79. The normalized spacial score (nSPS) is 19.4. The van der Waals surface area contributed by atoms with Gasteiger partial charge in [-0.05, 0) is 36.8 Å². The molecule has 1 aliphatic rings. The van der Waals surface area contributed by atoms with E-state index in [-0.39, 0.29) is 4.90 Å². The Balaban J connectivity index is 1.86. The number of urea groups is 1. The summed E-state index contributed by atoms with van der Waals surface area (Å²) < 4.78 is 50.0. The Kier molecular flexibility index (Phi) is 4.99. The van der Waals surface area contributed by atoms with Gasteiger partial charge in [0.15, 0.2) is 15.6 Å². The number of sulfone groups is 1. The summed E-state index contributed by atoms with van der Waals surface area (Å²) in [6.07, 6.45) is 1.04. The molecule has 1 fully saturated rings. The van der Waals surface area contributed by atoms with Crippen LogP contribution in [0, 0.1) is 11.6 Å². The molecule has 3 amide bonds. The van der Waals surface area contributed by atoms with Gasteiger partial charge in [-0.3, -0.25) is 14.5 Å². The van der Waals surface area contributed by atoms with Crippen molar-refractivity contribution in [3.63, 3.8) is 0 Å². The molecule has 1 atom stereocenters. The van der Waals surface area contributed by atoms with Crippen molar-refractivity contribution in [3.05, 3.63) is 65.2 Å². The number of rotatable bonds is 5. The van der Waals surface area contributed by atoms with Crippen molar-refractivity contribution < 1.29 is 31.6 Å². The quantitative estimate of drug-likeness (QED) is 0.587. The third kappa shape index (κ3) is 3.75. The van der Waals surface area contributed by atoms with Crippen molar-refractivity contribution in [2.45, 2.75) is 17.4 Å². The van der Waals surface area contributed by atoms with Gasteiger partial charge in [0.05, 0.1) is 17.0 Å². The monoisotopic (exact) mass is 422 g/mol. The zero-order chi connectivity index (χ0) is 21.6. The van der Waals surface area contributed by atoms with Crippen LogP contribution in [-0.2, 0) is 20.2 Å². The van der Waals surface area contributed by atoms with Gasteiger partial charge in [0, 0.05) is 12.3 Å². The van der Waals surface area contributed by atoms with E-state index in [1.54, 1.807) is 0 Å². The molecule has 2 aromatic carbocycles. The molecule has 2 aromatic rings. The third-order valence-electron chi connectivity index (χ3n) is 4.67. The number of amides is 3. The van der Waals surface area contributed by atoms with Crippen molar-refractivity contribution in [1.29, 1.82) is 0 Å². The highest BCUT2D eigenvalue weighted by molar-refractivity contribution is 7.90. The smallest absolute Gasteiger partial charge is 0.319 e. The molecule has 0 aromatic heterocycles. The minimum absolute atomic E-state index is 0.0421. The predicted octanol–water partition coefficient (Wildman–Crippen LogP) is 2.02. The maximum absolute atomic E-state index is 13.8. The molecule has 7 nitrogen and oxygen atoms in total. The molecular formula is C19H16F2N2O5S. The maximum atomic E-state index is 13.8. The largest absolute Gasteiger partial charge is 0.325 e. The summed E-state index contributed by atoms with van der Waals surface area (Å²) in [5.41, 5.74) is -1.67. The van der Waals surface area contributed by atoms with Gasteiger partial charge in [-0.1, -0.05) is 12.1 Å². The number of imide groups is 1. The fourth-order valence-corrected chi connectivity index (χ4v) is 3.65. The first-order chi connectivity index (χ1) is 13.4. The van der Waals surface area contributed by atoms with Gasteiger partial charge in [0.2, 0.25) is 0 Å². The van der Waals surface area contributed by atoms with Crippen LogP contribution in [0.3, 0.4) is 0 Å². The van der Waals surface area contributed by atoms with Crippen LogP contribution < -0.4 is 5.32 Å². The van der Waals surface area contributed by atoms with Crippen molar-refractivity contribution in [2.24, 2.45) is 0 Å². The van der Waals surface area contributed by atoms with Gasteiger partial charge < -0.3 is 5.32 Å². The Morgan fingerprint density at radius 3 is 2.28 bits per heavy atom. The van der Waals surface area contributed by atoms with Crippen LogP contribution in [0.4, 0.5) is 13.6 Å². The molecular weight excluding hydrogens is 406 g/mol. The van der Waals surface area contributed by atoms with E-state index in [0.29, 0.717) is 16.5 Å². The molecule has 0 spiro atoms. The summed E-state index contributed by atoms with van der Waals surface area (Å²) in [6.45, 7) is 0.676. The number of ketones is 1. The number of carbonyl (C=O) groups is 3. The highest BCUT2D eigenvalue weighted by Gasteiger charge is 2.49. The van der Waals surface area contributed by atoms with E-state index in [1.165, 1.54) is 31.2 Å². The van der Waals surface area contributed by atoms with E-state index in [9.17, 15) is 31.6 Å². The molecule has 0 saturated carbocycles. The van der Waals surface area contributed by atoms with Crippen LogP contribution in [0.5, 0.6) is 0 Å². The van der Waals surface area contributed by atoms with Crippen molar-refractivity contribution in [1.82, 2.24) is 10.2 Å². The second-order valence-corrected chi connectivity index (χ2v) is 8.81. The van der Waals surface area contributed by atoms with E-state index in [2.05, 4.69) is 5.32 Å². The lowest BCUT2D eigenvalue weighted by Gasteiger charge is -2.22. The van der Waals surface area contributed by atoms with Crippen LogP contribution in [0.2, 0.25) is 0 Å². The maximum Gasteiger partial charge on any atom is 0.325 e. The average molecular weight is 422 g/mol. The third-order valence-corrected chi connectivity index (χ3v) is 5.80. The molecule has 1 unspecified atom stereocenters. The molecule has 1 heterocycles. The Bertz CT molecular complexity index is 1130. The van der Waals surface area contributed by atoms with Gasteiger partial charge in [-0.15, -0.1) is 0 Å². The van der Waals surface area contributed by atoms with E-state index in [0.717, 1.165) is 18.4 Å². The van der Waals surface area contributed by atoms with Gasteiger partial charge in [-0.2, -0.15) is 0 Å². The van der Waals surface area contributed by atoms with Crippen molar-refractivity contribution in [2.75, 3.05) is 12.8 Å². The number of halogens is 2. The van der Waals surface area contributed by atoms with Gasteiger partial charge in [0.25, 0.3) is 5.91 Å². The summed E-state index contributed by atoms with van der Waals surface area (Å²) in [4.78, 5) is 38.1. The topological polar surface area (TPSA) is 101 Å². The first-order valence-electron chi connectivity index (χ1n) is 8.36. The summed E-state index contributed by atoms with van der Waals surface area (Å²) in [5.74, 6) is -3.59. The van der Waals surface area contributed by atoms with Crippen LogP contribution in [0.25, 0.3) is 0 Å². The lowest BCUT2D eigenvalue weighted by molar-refractivity contribution is -0.130. The van der Waals surface area contributed by atoms with E-state index in [4.69, 9.17) is 0 Å². The van der Waals surface area contributed by atoms with Crippen molar-refractivity contribution in [3.8, 4) is 0 Å². The van der Waals surface area contributed by atoms with Crippen LogP contribution in [0.1, 0.15) is 22.8 Å². The minimum Gasteiger partial charge on any atom is -0.319 e. The Morgan fingerprint density at radius 2 is 1.72 bits per heavy atom. The number of hydrogen-bond acceptors (Lipinski definition) is 5. The van der Waals surface area contributed by atoms with Crippen LogP contribution in [-0.4, -0.2) is 43.8 Å². The fourth-order valence-electron chi connectivity index (χ4n) is 3.02. The zero-order valence-electron chi connectivity index (χ0n) is 15.4. The van der Waals surface area contributed by atoms with Gasteiger partial charge in [-0.25, -0.2) is 22.0 Å². The minimum atomic E-state index is -3.44. The fraction of sp³-hybridized carbons (Fsp3) is 0.211.